The Balaban J connectivity index is 1.18. The van der Waals surface area contributed by atoms with Gasteiger partial charge in [0.25, 0.3) is 0 Å². The maximum absolute atomic E-state index is 9.12. The van der Waals surface area contributed by atoms with E-state index in [1.54, 1.807) is 11.3 Å². The zero-order valence-corrected chi connectivity index (χ0v) is 27.8. The van der Waals surface area contributed by atoms with Crippen LogP contribution in [0.4, 0.5) is 0 Å². The van der Waals surface area contributed by atoms with E-state index in [0.29, 0.717) is 11.4 Å². The highest BCUT2D eigenvalue weighted by Gasteiger charge is 2.18. The second-order valence-electron chi connectivity index (χ2n) is 12.3. The Kier molecular flexibility index (Phi) is 5.47. The fourth-order valence-electron chi connectivity index (χ4n) is 6.74. The number of nitrogens with zero attached hydrogens (tertiary/aromatic N) is 3. The number of thiophene rings is 1. The Morgan fingerprint density at radius 3 is 1.92 bits per heavy atom. The maximum Gasteiger partial charge on any atom is 0.164 e. The zero-order valence-electron chi connectivity index (χ0n) is 34.0. The van der Waals surface area contributed by atoms with E-state index >= 15 is 0 Å². The van der Waals surface area contributed by atoms with Crippen molar-refractivity contribution in [3.63, 3.8) is 0 Å². The molecule has 10 aromatic rings. The third kappa shape index (κ3) is 5.25. The summed E-state index contributed by atoms with van der Waals surface area (Å²) in [4.78, 5) is 14.9. The van der Waals surface area contributed by atoms with E-state index < -0.39 is 42.3 Å². The molecule has 8 aromatic carbocycles. The summed E-state index contributed by atoms with van der Waals surface area (Å²) in [5, 5.41) is 4.10. The van der Waals surface area contributed by atoms with Gasteiger partial charge in [-0.05, 0) is 68.1 Å². The van der Waals surface area contributed by atoms with Crippen LogP contribution in [0.25, 0.3) is 98.1 Å². The van der Waals surface area contributed by atoms with Crippen LogP contribution in [-0.4, -0.2) is 15.0 Å². The second-order valence-corrected chi connectivity index (χ2v) is 13.4. The van der Waals surface area contributed by atoms with Crippen molar-refractivity contribution >= 4 is 53.1 Å². The molecule has 51 heavy (non-hydrogen) atoms. The van der Waals surface area contributed by atoms with Crippen LogP contribution in [0.3, 0.4) is 0 Å². The predicted molar refractivity (Wildman–Crippen MR) is 215 cm³/mol. The average Bonchev–Trinajstić information content (AvgIpc) is 3.65. The van der Waals surface area contributed by atoms with E-state index in [4.69, 9.17) is 24.5 Å². The molecule has 0 aliphatic carbocycles. The van der Waals surface area contributed by atoms with Crippen molar-refractivity contribution in [2.24, 2.45) is 0 Å². The van der Waals surface area contributed by atoms with Crippen LogP contribution in [0.1, 0.15) is 9.60 Å². The molecule has 0 aliphatic rings. The van der Waals surface area contributed by atoms with Gasteiger partial charge in [0.2, 0.25) is 0 Å². The fraction of sp³-hybridized carbons (Fsp3) is 0. The quantitative estimate of drug-likeness (QED) is 0.182. The molecule has 2 aromatic heterocycles. The standard InChI is InChI=1S/C47H29N3S/c1-2-12-34-28-36(27-26-30(34)10-1)32-24-22-31(23-25-32)35-14-7-15-37(29-35)45-48-46(39-18-8-13-33-11-3-4-16-38(33)39)50-47(49-45)41-19-9-21-43-44(41)40-17-5-6-20-42(40)51-43/h1-29H/i3D,4D,8D,11D,13D,16D,18D. The number of aromatic nitrogens is 3. The lowest BCUT2D eigenvalue weighted by molar-refractivity contribution is 1.08. The predicted octanol–water partition coefficient (Wildman–Crippen LogP) is 12.9. The molecule has 0 bridgehead atoms. The Morgan fingerprint density at radius 1 is 0.392 bits per heavy atom. The normalized spacial score (nSPS) is 13.5. The van der Waals surface area contributed by atoms with Gasteiger partial charge in [0.1, 0.15) is 0 Å². The highest BCUT2D eigenvalue weighted by molar-refractivity contribution is 7.25. The first-order valence-corrected chi connectivity index (χ1v) is 17.3. The lowest BCUT2D eigenvalue weighted by atomic mass is 9.97. The monoisotopic (exact) mass is 674 g/mol. The smallest absolute Gasteiger partial charge is 0.164 e. The van der Waals surface area contributed by atoms with E-state index in [9.17, 15) is 0 Å². The van der Waals surface area contributed by atoms with E-state index in [2.05, 4.69) is 66.7 Å². The minimum Gasteiger partial charge on any atom is -0.208 e. The van der Waals surface area contributed by atoms with Crippen molar-refractivity contribution in [3.05, 3.63) is 176 Å². The molecule has 0 aliphatic heterocycles. The van der Waals surface area contributed by atoms with Crippen LogP contribution < -0.4 is 0 Å². The first-order valence-electron chi connectivity index (χ1n) is 20.0. The van der Waals surface area contributed by atoms with Crippen molar-refractivity contribution in [1.82, 2.24) is 15.0 Å². The van der Waals surface area contributed by atoms with Gasteiger partial charge >= 0.3 is 0 Å². The molecule has 0 fully saturated rings. The van der Waals surface area contributed by atoms with Gasteiger partial charge in [-0.15, -0.1) is 11.3 Å². The minimum atomic E-state index is -0.524. The molecule has 2 heterocycles. The van der Waals surface area contributed by atoms with Gasteiger partial charge in [0, 0.05) is 36.9 Å². The zero-order chi connectivity index (χ0) is 39.8. The van der Waals surface area contributed by atoms with Crippen molar-refractivity contribution < 1.29 is 9.60 Å². The van der Waals surface area contributed by atoms with E-state index in [0.717, 1.165) is 48.0 Å². The van der Waals surface area contributed by atoms with Gasteiger partial charge in [-0.2, -0.15) is 0 Å². The lowest BCUT2D eigenvalue weighted by Crippen LogP contribution is -2.01. The molecular formula is C47H29N3S. The Morgan fingerprint density at radius 2 is 1.04 bits per heavy atom. The van der Waals surface area contributed by atoms with Gasteiger partial charge in [-0.1, -0.05) is 151 Å². The third-order valence-electron chi connectivity index (χ3n) is 9.24. The van der Waals surface area contributed by atoms with Crippen LogP contribution >= 0.6 is 11.3 Å². The number of rotatable bonds is 5. The average molecular weight is 675 g/mol. The van der Waals surface area contributed by atoms with E-state index in [1.165, 1.54) is 10.8 Å². The molecule has 0 saturated carbocycles. The van der Waals surface area contributed by atoms with Gasteiger partial charge in [-0.3, -0.25) is 0 Å². The molecule has 0 radical (unpaired) electrons. The Labute approximate surface area is 309 Å². The summed E-state index contributed by atoms with van der Waals surface area (Å²) in [6.45, 7) is 0. The highest BCUT2D eigenvalue weighted by atomic mass is 32.1. The Bertz CT molecular complexity index is 3320. The molecule has 3 nitrogen and oxygen atoms in total. The fourth-order valence-corrected chi connectivity index (χ4v) is 7.87. The summed E-state index contributed by atoms with van der Waals surface area (Å²) >= 11 is 1.65. The minimum absolute atomic E-state index is 0.0322. The van der Waals surface area contributed by atoms with Crippen molar-refractivity contribution in [1.29, 1.82) is 0 Å². The van der Waals surface area contributed by atoms with Crippen molar-refractivity contribution in [3.8, 4) is 56.4 Å². The van der Waals surface area contributed by atoms with Crippen LogP contribution in [0.5, 0.6) is 0 Å². The number of hydrogen-bond acceptors (Lipinski definition) is 4. The van der Waals surface area contributed by atoms with Crippen LogP contribution in [0.2, 0.25) is 0 Å². The van der Waals surface area contributed by atoms with Crippen molar-refractivity contribution in [2.75, 3.05) is 0 Å². The summed E-state index contributed by atoms with van der Waals surface area (Å²) in [6, 6.07) is 41.7. The largest absolute Gasteiger partial charge is 0.208 e. The summed E-state index contributed by atoms with van der Waals surface area (Å²) in [5.41, 5.74) is 5.44. The first kappa shape index (κ1) is 23.0. The number of hydrogen-bond donors (Lipinski definition) is 0. The van der Waals surface area contributed by atoms with E-state index in [1.807, 2.05) is 66.7 Å². The molecule has 0 amide bonds. The first-order chi connectivity index (χ1) is 28.2. The summed E-state index contributed by atoms with van der Waals surface area (Å²) < 4.78 is 63.1. The summed E-state index contributed by atoms with van der Waals surface area (Å²) in [6.07, 6.45) is 0. The van der Waals surface area contributed by atoms with E-state index in [-0.39, 0.29) is 28.0 Å². The third-order valence-corrected chi connectivity index (χ3v) is 10.4. The molecule has 0 unspecified atom stereocenters. The lowest BCUT2D eigenvalue weighted by Gasteiger charge is -2.12. The summed E-state index contributed by atoms with van der Waals surface area (Å²) in [5.74, 6) is 0.547. The van der Waals surface area contributed by atoms with Gasteiger partial charge in [-0.25, -0.2) is 15.0 Å². The molecule has 10 rings (SSSR count). The molecule has 0 atom stereocenters. The maximum atomic E-state index is 9.12. The molecule has 0 spiro atoms. The van der Waals surface area contributed by atoms with Gasteiger partial charge < -0.3 is 0 Å². The number of benzene rings is 8. The molecule has 238 valence electrons. The SMILES string of the molecule is [2H]c1c([2H])c([2H])c2c(-c3nc(-c4cccc(-c5ccc(-c6ccc7ccccc7c6)cc5)c4)nc(-c4cccc5sc6ccccc6c45)n3)c([2H])c([2H])c([2H])c2c1[2H]. The highest BCUT2D eigenvalue weighted by Crippen LogP contribution is 2.40. The Hall–Kier alpha value is -6.49. The number of fused-ring (bicyclic) bond motifs is 5. The van der Waals surface area contributed by atoms with Gasteiger partial charge in [0.15, 0.2) is 17.5 Å². The summed E-state index contributed by atoms with van der Waals surface area (Å²) in [7, 11) is 0. The van der Waals surface area contributed by atoms with Crippen LogP contribution in [-0.2, 0) is 0 Å². The van der Waals surface area contributed by atoms with Crippen LogP contribution in [0.15, 0.2) is 176 Å². The molecule has 0 N–H and O–H groups in total. The van der Waals surface area contributed by atoms with Crippen molar-refractivity contribution in [2.45, 2.75) is 0 Å². The topological polar surface area (TPSA) is 38.7 Å². The molecule has 0 saturated heterocycles. The van der Waals surface area contributed by atoms with Gasteiger partial charge in [0.05, 0.1) is 9.60 Å². The molecule has 4 heteroatoms. The second kappa shape index (κ2) is 12.1. The molecular weight excluding hydrogens is 639 g/mol. The van der Waals surface area contributed by atoms with Crippen LogP contribution in [0, 0.1) is 0 Å².